The molecule has 0 aromatic heterocycles. The lowest BCUT2D eigenvalue weighted by Crippen LogP contribution is -2.37. The molecule has 0 N–H and O–H groups in total. The molecular weight excluding hydrogens is 142 g/mol. The molecule has 1 amide bonds. The van der Waals surface area contributed by atoms with Crippen LogP contribution in [0.5, 0.6) is 0 Å². The predicted octanol–water partition coefficient (Wildman–Crippen LogP) is 0.0521. The number of amides is 1. The molecule has 1 unspecified atom stereocenters. The Morgan fingerprint density at radius 2 is 2.36 bits per heavy atom. The Bertz CT molecular complexity index is 214. The van der Waals surface area contributed by atoms with Crippen molar-refractivity contribution in [1.82, 2.24) is 4.90 Å². The highest BCUT2D eigenvalue weighted by molar-refractivity contribution is 5.85. The first kappa shape index (κ1) is 6.83. The van der Waals surface area contributed by atoms with Crippen LogP contribution in [0.2, 0.25) is 0 Å². The third-order valence-electron chi connectivity index (χ3n) is 2.74. The van der Waals surface area contributed by atoms with Crippen LogP contribution in [-0.2, 0) is 9.59 Å². The van der Waals surface area contributed by atoms with Crippen LogP contribution in [0.4, 0.5) is 0 Å². The molecule has 0 aromatic rings. The van der Waals surface area contributed by atoms with E-state index in [9.17, 15) is 9.59 Å². The molecule has 1 aliphatic heterocycles. The van der Waals surface area contributed by atoms with Crippen molar-refractivity contribution < 1.29 is 9.59 Å². The quantitative estimate of drug-likeness (QED) is 0.526. The van der Waals surface area contributed by atoms with Gasteiger partial charge in [-0.25, -0.2) is 0 Å². The van der Waals surface area contributed by atoms with Crippen LogP contribution >= 0.6 is 0 Å². The molecule has 3 heteroatoms. The van der Waals surface area contributed by atoms with Crippen molar-refractivity contribution >= 4 is 12.2 Å². The standard InChI is InChI=1S/C8H11NO2/c1-5(11)8-7-2-6(7)3-9(8)4-10/h4,6-8H,2-3H2,1H3/t6-,7-,8?/m0/s1. The molecule has 60 valence electrons. The van der Waals surface area contributed by atoms with Crippen molar-refractivity contribution in [3.63, 3.8) is 0 Å². The van der Waals surface area contributed by atoms with Gasteiger partial charge >= 0.3 is 0 Å². The molecule has 1 heterocycles. The van der Waals surface area contributed by atoms with E-state index >= 15 is 0 Å². The molecule has 1 aliphatic carbocycles. The summed E-state index contributed by atoms with van der Waals surface area (Å²) in [5.41, 5.74) is 0. The number of nitrogens with zero attached hydrogens (tertiary/aromatic N) is 1. The lowest BCUT2D eigenvalue weighted by Gasteiger charge is -2.19. The van der Waals surface area contributed by atoms with Crippen LogP contribution in [0, 0.1) is 11.8 Å². The maximum atomic E-state index is 11.1. The fourth-order valence-corrected chi connectivity index (χ4v) is 2.14. The lowest BCUT2D eigenvalue weighted by molar-refractivity contribution is -0.129. The van der Waals surface area contributed by atoms with Crippen LogP contribution in [-0.4, -0.2) is 29.7 Å². The van der Waals surface area contributed by atoms with Gasteiger partial charge in [0.05, 0.1) is 6.04 Å². The van der Waals surface area contributed by atoms with Gasteiger partial charge in [-0.15, -0.1) is 0 Å². The van der Waals surface area contributed by atoms with Crippen molar-refractivity contribution in [3.8, 4) is 0 Å². The number of Topliss-reactive ketones (excluding diaryl/α,β-unsaturated/α-hetero) is 1. The average Bonchev–Trinajstić information content (AvgIpc) is 2.61. The van der Waals surface area contributed by atoms with Gasteiger partial charge in [0.2, 0.25) is 6.41 Å². The second-order valence-electron chi connectivity index (χ2n) is 3.52. The summed E-state index contributed by atoms with van der Waals surface area (Å²) in [6, 6.07) is -0.0856. The molecule has 0 spiro atoms. The van der Waals surface area contributed by atoms with Crippen molar-refractivity contribution in [2.75, 3.05) is 6.54 Å². The zero-order valence-corrected chi connectivity index (χ0v) is 6.49. The minimum absolute atomic E-state index is 0.0856. The molecule has 11 heavy (non-hydrogen) atoms. The van der Waals surface area contributed by atoms with E-state index in [4.69, 9.17) is 0 Å². The molecule has 0 radical (unpaired) electrons. The molecule has 0 bridgehead atoms. The summed E-state index contributed by atoms with van der Waals surface area (Å²) in [6.07, 6.45) is 1.95. The van der Waals surface area contributed by atoms with Crippen molar-refractivity contribution in [2.45, 2.75) is 19.4 Å². The lowest BCUT2D eigenvalue weighted by atomic mass is 10.1. The number of rotatable bonds is 2. The number of ketones is 1. The number of piperidine rings is 1. The number of fused-ring (bicyclic) bond motifs is 1. The van der Waals surface area contributed by atoms with E-state index in [0.29, 0.717) is 11.8 Å². The first-order valence-electron chi connectivity index (χ1n) is 3.95. The molecule has 0 aromatic carbocycles. The van der Waals surface area contributed by atoms with Crippen molar-refractivity contribution in [2.24, 2.45) is 11.8 Å². The van der Waals surface area contributed by atoms with Gasteiger partial charge < -0.3 is 4.90 Å². The van der Waals surface area contributed by atoms with Crippen LogP contribution < -0.4 is 0 Å². The number of carbonyl (C=O) groups is 2. The zero-order valence-electron chi connectivity index (χ0n) is 6.49. The van der Waals surface area contributed by atoms with Crippen LogP contribution in [0.25, 0.3) is 0 Å². The summed E-state index contributed by atoms with van der Waals surface area (Å²) < 4.78 is 0. The van der Waals surface area contributed by atoms with Crippen LogP contribution in [0.3, 0.4) is 0 Å². The highest BCUT2D eigenvalue weighted by Crippen LogP contribution is 2.49. The highest BCUT2D eigenvalue weighted by Gasteiger charge is 2.53. The summed E-state index contributed by atoms with van der Waals surface area (Å²) in [5, 5.41) is 0. The Morgan fingerprint density at radius 1 is 1.64 bits per heavy atom. The Kier molecular flexibility index (Phi) is 1.28. The monoisotopic (exact) mass is 153 g/mol. The SMILES string of the molecule is CC(=O)C1[C@H]2C[C@H]2CN1C=O. The van der Waals surface area contributed by atoms with Gasteiger partial charge in [-0.05, 0) is 25.2 Å². The molecule has 1 saturated heterocycles. The largest absolute Gasteiger partial charge is 0.335 e. The summed E-state index contributed by atoms with van der Waals surface area (Å²) in [7, 11) is 0. The Balaban J connectivity index is 2.14. The smallest absolute Gasteiger partial charge is 0.210 e. The third kappa shape index (κ3) is 0.870. The molecule has 2 aliphatic rings. The van der Waals surface area contributed by atoms with Crippen LogP contribution in [0.15, 0.2) is 0 Å². The third-order valence-corrected chi connectivity index (χ3v) is 2.74. The van der Waals surface area contributed by atoms with Crippen LogP contribution in [0.1, 0.15) is 13.3 Å². The van der Waals surface area contributed by atoms with Crippen molar-refractivity contribution in [3.05, 3.63) is 0 Å². The zero-order chi connectivity index (χ0) is 8.01. The van der Waals surface area contributed by atoms with Gasteiger partial charge in [0.15, 0.2) is 5.78 Å². The maximum Gasteiger partial charge on any atom is 0.210 e. The fraction of sp³-hybridized carbons (Fsp3) is 0.750. The molecule has 3 nitrogen and oxygen atoms in total. The summed E-state index contributed by atoms with van der Waals surface area (Å²) in [6.45, 7) is 2.38. The first-order chi connectivity index (χ1) is 5.24. The summed E-state index contributed by atoms with van der Waals surface area (Å²) in [5.74, 6) is 1.27. The number of hydrogen-bond acceptors (Lipinski definition) is 2. The molecule has 1 saturated carbocycles. The molecule has 2 rings (SSSR count). The first-order valence-corrected chi connectivity index (χ1v) is 3.95. The molecule has 2 fully saturated rings. The number of carbonyl (C=O) groups excluding carboxylic acids is 2. The average molecular weight is 153 g/mol. The van der Waals surface area contributed by atoms with Gasteiger partial charge in [0.25, 0.3) is 0 Å². The predicted molar refractivity (Wildman–Crippen MR) is 38.8 cm³/mol. The van der Waals surface area contributed by atoms with E-state index in [-0.39, 0.29) is 11.8 Å². The summed E-state index contributed by atoms with van der Waals surface area (Å²) in [4.78, 5) is 23.2. The van der Waals surface area contributed by atoms with Gasteiger partial charge in [-0.2, -0.15) is 0 Å². The van der Waals surface area contributed by atoms with Gasteiger partial charge in [-0.1, -0.05) is 0 Å². The van der Waals surface area contributed by atoms with Gasteiger partial charge in [-0.3, -0.25) is 9.59 Å². The van der Waals surface area contributed by atoms with E-state index in [1.807, 2.05) is 0 Å². The van der Waals surface area contributed by atoms with E-state index in [1.165, 1.54) is 0 Å². The number of hydrogen-bond donors (Lipinski definition) is 0. The van der Waals surface area contributed by atoms with E-state index in [2.05, 4.69) is 0 Å². The molecule has 3 atom stereocenters. The fourth-order valence-electron chi connectivity index (χ4n) is 2.14. The van der Waals surface area contributed by atoms with E-state index in [0.717, 1.165) is 19.4 Å². The number of likely N-dealkylation sites (tertiary alicyclic amines) is 1. The second-order valence-corrected chi connectivity index (χ2v) is 3.52. The van der Waals surface area contributed by atoms with Gasteiger partial charge in [0, 0.05) is 6.54 Å². The van der Waals surface area contributed by atoms with E-state index < -0.39 is 0 Å². The van der Waals surface area contributed by atoms with Crippen molar-refractivity contribution in [1.29, 1.82) is 0 Å². The van der Waals surface area contributed by atoms with Gasteiger partial charge in [0.1, 0.15) is 0 Å². The highest BCUT2D eigenvalue weighted by atomic mass is 16.1. The Morgan fingerprint density at radius 3 is 2.82 bits per heavy atom. The summed E-state index contributed by atoms with van der Waals surface area (Å²) >= 11 is 0. The second kappa shape index (κ2) is 2.06. The maximum absolute atomic E-state index is 11.1. The Labute approximate surface area is 65.4 Å². The Hall–Kier alpha value is -0.860. The normalized spacial score (nSPS) is 40.1. The minimum atomic E-state index is -0.0856. The topological polar surface area (TPSA) is 37.4 Å². The minimum Gasteiger partial charge on any atom is -0.335 e. The molecular formula is C8H11NO2. The van der Waals surface area contributed by atoms with E-state index in [1.54, 1.807) is 11.8 Å².